The van der Waals surface area contributed by atoms with Gasteiger partial charge in [-0.25, -0.2) is 19.5 Å². The second-order valence-corrected chi connectivity index (χ2v) is 9.86. The molecule has 0 amide bonds. The topological polar surface area (TPSA) is 96.5 Å². The Bertz CT molecular complexity index is 1880. The summed E-state index contributed by atoms with van der Waals surface area (Å²) < 4.78 is 3.25. The zero-order valence-corrected chi connectivity index (χ0v) is 22.1. The van der Waals surface area contributed by atoms with E-state index in [-0.39, 0.29) is 5.56 Å². The van der Waals surface area contributed by atoms with Crippen molar-refractivity contribution in [3.8, 4) is 5.69 Å². The molecule has 198 valence electrons. The third-order valence-corrected chi connectivity index (χ3v) is 7.41. The van der Waals surface area contributed by atoms with Crippen molar-refractivity contribution in [2.45, 2.75) is 0 Å². The molecule has 0 aliphatic carbocycles. The summed E-state index contributed by atoms with van der Waals surface area (Å²) in [6.45, 7) is 3.68. The van der Waals surface area contributed by atoms with E-state index in [0.717, 1.165) is 43.4 Å². The van der Waals surface area contributed by atoms with Gasteiger partial charge in [-0.1, -0.05) is 29.8 Å². The van der Waals surface area contributed by atoms with Gasteiger partial charge in [-0.2, -0.15) is 4.98 Å². The van der Waals surface area contributed by atoms with Crippen molar-refractivity contribution in [2.24, 2.45) is 0 Å². The van der Waals surface area contributed by atoms with Crippen LogP contribution in [0.4, 0.5) is 23.1 Å². The zero-order chi connectivity index (χ0) is 27.1. The first-order valence-corrected chi connectivity index (χ1v) is 13.3. The Labute approximate surface area is 234 Å². The van der Waals surface area contributed by atoms with E-state index >= 15 is 0 Å². The number of hydrogen-bond donors (Lipinski definition) is 1. The van der Waals surface area contributed by atoms with E-state index in [4.69, 9.17) is 11.6 Å². The number of rotatable bonds is 5. The summed E-state index contributed by atoms with van der Waals surface area (Å²) in [5.41, 5.74) is 2.72. The molecule has 4 aromatic heterocycles. The number of pyridine rings is 1. The predicted octanol–water partition coefficient (Wildman–Crippen LogP) is 4.55. The lowest BCUT2D eigenvalue weighted by Crippen LogP contribution is -2.46. The molecular formula is C29H24ClN9O. The van der Waals surface area contributed by atoms with Crippen LogP contribution >= 0.6 is 11.6 Å². The highest BCUT2D eigenvalue weighted by Gasteiger charge is 2.19. The van der Waals surface area contributed by atoms with Gasteiger partial charge in [-0.05, 0) is 48.5 Å². The highest BCUT2D eigenvalue weighted by atomic mass is 35.5. The molecule has 1 aliphatic heterocycles. The number of benzene rings is 2. The third kappa shape index (κ3) is 4.28. The third-order valence-electron chi connectivity index (χ3n) is 7.09. The van der Waals surface area contributed by atoms with Crippen LogP contribution in [0, 0.1) is 0 Å². The van der Waals surface area contributed by atoms with Gasteiger partial charge in [-0.3, -0.25) is 9.20 Å². The first-order chi connectivity index (χ1) is 19.7. The van der Waals surface area contributed by atoms with Gasteiger partial charge in [0.25, 0.3) is 5.56 Å². The van der Waals surface area contributed by atoms with Crippen LogP contribution in [0.25, 0.3) is 22.5 Å². The largest absolute Gasteiger partial charge is 0.368 e. The van der Waals surface area contributed by atoms with Crippen molar-refractivity contribution in [1.82, 2.24) is 28.9 Å². The fourth-order valence-corrected chi connectivity index (χ4v) is 5.29. The molecule has 1 aliphatic rings. The minimum atomic E-state index is -0.291. The van der Waals surface area contributed by atoms with Gasteiger partial charge in [0.1, 0.15) is 11.2 Å². The minimum Gasteiger partial charge on any atom is -0.368 e. The van der Waals surface area contributed by atoms with Gasteiger partial charge in [0.05, 0.1) is 10.7 Å². The van der Waals surface area contributed by atoms with Gasteiger partial charge in [-0.15, -0.1) is 0 Å². The molecule has 10 nitrogen and oxygen atoms in total. The molecule has 0 bridgehead atoms. The first-order valence-electron chi connectivity index (χ1n) is 12.9. The highest BCUT2D eigenvalue weighted by Crippen LogP contribution is 2.24. The smallest absolute Gasteiger partial charge is 0.270 e. The van der Waals surface area contributed by atoms with Crippen LogP contribution in [0.15, 0.2) is 96.3 Å². The number of piperazine rings is 1. The lowest BCUT2D eigenvalue weighted by Gasteiger charge is -2.36. The number of anilines is 4. The Morgan fingerprint density at radius 1 is 0.800 bits per heavy atom. The molecular weight excluding hydrogens is 526 g/mol. The summed E-state index contributed by atoms with van der Waals surface area (Å²) in [4.78, 5) is 36.2. The Kier molecular flexibility index (Phi) is 6.01. The molecule has 0 spiro atoms. The Morgan fingerprint density at radius 2 is 1.57 bits per heavy atom. The van der Waals surface area contributed by atoms with Crippen molar-refractivity contribution in [1.29, 1.82) is 0 Å². The number of nitrogens with zero attached hydrogens (tertiary/aromatic N) is 8. The molecule has 0 saturated carbocycles. The number of nitrogens with one attached hydrogen (secondary N) is 1. The maximum atomic E-state index is 13.5. The van der Waals surface area contributed by atoms with Gasteiger partial charge in [0.2, 0.25) is 11.7 Å². The summed E-state index contributed by atoms with van der Waals surface area (Å²) in [6.07, 6.45) is 6.77. The highest BCUT2D eigenvalue weighted by molar-refractivity contribution is 6.32. The second-order valence-electron chi connectivity index (χ2n) is 9.45. The van der Waals surface area contributed by atoms with Gasteiger partial charge < -0.3 is 15.1 Å². The summed E-state index contributed by atoms with van der Waals surface area (Å²) in [6, 6.07) is 21.4. The molecule has 6 aromatic rings. The standard InChI is InChI=1S/C29H24ClN9O/c30-23-5-1-2-6-24(23)39-27(40)22-19-33-28(35-26(22)38-14-13-32-29(38)39)34-20-8-10-21(11-9-20)36-15-17-37(18-16-36)25-7-3-4-12-31-25/h1-14,19H,15-18H2,(H,33,34,35). The average Bonchev–Trinajstić information content (AvgIpc) is 3.49. The van der Waals surface area contributed by atoms with Gasteiger partial charge in [0.15, 0.2) is 5.65 Å². The number of para-hydroxylation sites is 1. The van der Waals surface area contributed by atoms with Crippen molar-refractivity contribution in [3.63, 3.8) is 0 Å². The Balaban J connectivity index is 1.13. The van der Waals surface area contributed by atoms with E-state index in [1.54, 1.807) is 28.9 Å². The number of halogens is 1. The SMILES string of the molecule is O=c1c2cnc(Nc3ccc(N4CCN(c5ccccn5)CC4)cc3)nc2n2ccnc2n1-c1ccccc1Cl. The molecule has 5 heterocycles. The van der Waals surface area contributed by atoms with Gasteiger partial charge in [0, 0.05) is 62.3 Å². The van der Waals surface area contributed by atoms with Crippen molar-refractivity contribution >= 4 is 51.6 Å². The zero-order valence-electron chi connectivity index (χ0n) is 21.4. The maximum absolute atomic E-state index is 13.5. The van der Waals surface area contributed by atoms with E-state index in [2.05, 4.69) is 53.3 Å². The van der Waals surface area contributed by atoms with Crippen LogP contribution < -0.4 is 20.7 Å². The summed E-state index contributed by atoms with van der Waals surface area (Å²) >= 11 is 6.41. The fraction of sp³-hybridized carbons (Fsp3) is 0.138. The molecule has 1 saturated heterocycles. The van der Waals surface area contributed by atoms with Crippen molar-refractivity contribution in [2.75, 3.05) is 41.3 Å². The number of hydrogen-bond acceptors (Lipinski definition) is 8. The molecule has 0 atom stereocenters. The minimum absolute atomic E-state index is 0.291. The summed E-state index contributed by atoms with van der Waals surface area (Å²) in [5.74, 6) is 1.82. The lowest BCUT2D eigenvalue weighted by molar-refractivity contribution is 0.647. The summed E-state index contributed by atoms with van der Waals surface area (Å²) in [5, 5.41) is 4.07. The second kappa shape index (κ2) is 9.97. The van der Waals surface area contributed by atoms with E-state index in [1.165, 1.54) is 10.8 Å². The van der Waals surface area contributed by atoms with Crippen LogP contribution in [0.3, 0.4) is 0 Å². The number of fused-ring (bicyclic) bond motifs is 3. The van der Waals surface area contributed by atoms with E-state index in [0.29, 0.717) is 33.5 Å². The molecule has 1 fully saturated rings. The van der Waals surface area contributed by atoms with E-state index in [9.17, 15) is 4.79 Å². The van der Waals surface area contributed by atoms with Crippen molar-refractivity contribution in [3.05, 3.63) is 107 Å². The van der Waals surface area contributed by atoms with Crippen LogP contribution in [-0.2, 0) is 0 Å². The predicted molar refractivity (Wildman–Crippen MR) is 157 cm³/mol. The summed E-state index contributed by atoms with van der Waals surface area (Å²) in [7, 11) is 0. The molecule has 40 heavy (non-hydrogen) atoms. The quantitative estimate of drug-likeness (QED) is 0.335. The molecule has 11 heteroatoms. The van der Waals surface area contributed by atoms with Crippen LogP contribution in [0.1, 0.15) is 0 Å². The number of aromatic nitrogens is 6. The fourth-order valence-electron chi connectivity index (χ4n) is 5.07. The van der Waals surface area contributed by atoms with Crippen LogP contribution in [0.2, 0.25) is 5.02 Å². The molecule has 0 unspecified atom stereocenters. The van der Waals surface area contributed by atoms with Crippen LogP contribution in [0.5, 0.6) is 0 Å². The maximum Gasteiger partial charge on any atom is 0.270 e. The Hall–Kier alpha value is -4.96. The molecule has 7 rings (SSSR count). The Morgan fingerprint density at radius 3 is 2.35 bits per heavy atom. The van der Waals surface area contributed by atoms with Crippen molar-refractivity contribution < 1.29 is 0 Å². The first kappa shape index (κ1) is 24.1. The van der Waals surface area contributed by atoms with E-state index < -0.39 is 0 Å². The molecule has 1 N–H and O–H groups in total. The monoisotopic (exact) mass is 549 g/mol. The average molecular weight is 550 g/mol. The van der Waals surface area contributed by atoms with Crippen LogP contribution in [-0.4, -0.2) is 55.1 Å². The lowest BCUT2D eigenvalue weighted by atomic mass is 10.2. The van der Waals surface area contributed by atoms with E-state index in [1.807, 2.05) is 42.6 Å². The normalized spacial score (nSPS) is 13.7. The number of imidazole rings is 1. The van der Waals surface area contributed by atoms with Gasteiger partial charge >= 0.3 is 0 Å². The molecule has 0 radical (unpaired) electrons. The molecule has 2 aromatic carbocycles.